The molecule has 0 saturated carbocycles. The summed E-state index contributed by atoms with van der Waals surface area (Å²) in [5, 5.41) is 30.9. The first-order chi connectivity index (χ1) is 37.1. The maximum atomic E-state index is 13.0. The summed E-state index contributed by atoms with van der Waals surface area (Å²) in [4.78, 5) is 13.0. The van der Waals surface area contributed by atoms with E-state index in [2.05, 4.69) is 103 Å². The van der Waals surface area contributed by atoms with Gasteiger partial charge < -0.3 is 34.3 Å². The number of rotatable bonds is 53. The molecule has 0 aromatic carbocycles. The molecule has 0 bridgehead atoms. The lowest BCUT2D eigenvalue weighted by molar-refractivity contribution is -0.301. The molecule has 13 heteroatoms. The first-order valence-electron chi connectivity index (χ1n) is 30.3. The van der Waals surface area contributed by atoms with Crippen molar-refractivity contribution < 1.29 is 56.2 Å². The third kappa shape index (κ3) is 45.2. The van der Waals surface area contributed by atoms with Crippen LogP contribution in [0.5, 0.6) is 0 Å². The highest BCUT2D eigenvalue weighted by Crippen LogP contribution is 2.26. The summed E-state index contributed by atoms with van der Waals surface area (Å²) in [6.45, 7) is 3.86. The van der Waals surface area contributed by atoms with Crippen molar-refractivity contribution in [2.45, 2.75) is 282 Å². The number of allylic oxidation sites excluding steroid dienone is 14. The van der Waals surface area contributed by atoms with Crippen molar-refractivity contribution >= 4 is 16.4 Å². The minimum absolute atomic E-state index is 0.0192. The van der Waals surface area contributed by atoms with Crippen LogP contribution in [0.2, 0.25) is 0 Å². The first kappa shape index (κ1) is 71.3. The van der Waals surface area contributed by atoms with Crippen LogP contribution in [0.25, 0.3) is 0 Å². The molecule has 1 fully saturated rings. The van der Waals surface area contributed by atoms with Gasteiger partial charge in [-0.25, -0.2) is 4.18 Å². The summed E-state index contributed by atoms with van der Waals surface area (Å²) in [6, 6.07) is 0. The van der Waals surface area contributed by atoms with E-state index >= 15 is 0 Å². The summed E-state index contributed by atoms with van der Waals surface area (Å²) in [5.74, 6) is -0.406. The molecule has 12 nitrogen and oxygen atoms in total. The molecule has 0 aromatic rings. The minimum Gasteiger partial charge on any atom is -0.457 e. The van der Waals surface area contributed by atoms with E-state index in [1.54, 1.807) is 0 Å². The molecule has 0 aliphatic carbocycles. The molecule has 1 heterocycles. The maximum absolute atomic E-state index is 13.0. The Balaban J connectivity index is 2.30. The quantitative estimate of drug-likeness (QED) is 0.0196. The largest absolute Gasteiger partial charge is 0.457 e. The molecule has 0 aromatic heterocycles. The fraction of sp³-hybridized carbons (Fsp3) is 0.762. The topological polar surface area (TPSA) is 178 Å². The van der Waals surface area contributed by atoms with Gasteiger partial charge >= 0.3 is 16.4 Å². The Kier molecular flexibility index (Phi) is 49.7. The van der Waals surface area contributed by atoms with Crippen LogP contribution in [0, 0.1) is 0 Å². The van der Waals surface area contributed by atoms with Crippen LogP contribution in [0.15, 0.2) is 85.1 Å². The number of aliphatic hydroxyl groups excluding tert-OH is 3. The van der Waals surface area contributed by atoms with Gasteiger partial charge in [0.2, 0.25) is 0 Å². The van der Waals surface area contributed by atoms with E-state index in [4.69, 9.17) is 18.9 Å². The number of carbonyl (C=O) groups excluding carboxylic acids is 1. The smallest absolute Gasteiger partial charge is 0.397 e. The van der Waals surface area contributed by atoms with Gasteiger partial charge in [0, 0.05) is 13.0 Å². The molecule has 1 aliphatic rings. The van der Waals surface area contributed by atoms with Crippen LogP contribution in [0.1, 0.15) is 245 Å². The van der Waals surface area contributed by atoms with Crippen LogP contribution < -0.4 is 0 Å². The molecule has 1 rings (SSSR count). The van der Waals surface area contributed by atoms with Gasteiger partial charge in [0.1, 0.15) is 30.5 Å². The number of unbranched alkanes of at least 4 members (excludes halogenated alkanes) is 26. The van der Waals surface area contributed by atoms with Gasteiger partial charge in [-0.15, -0.1) is 0 Å². The van der Waals surface area contributed by atoms with Gasteiger partial charge in [-0.2, -0.15) is 8.42 Å². The fourth-order valence-electron chi connectivity index (χ4n) is 8.97. The molecular formula is C63H110O12S. The predicted octanol–water partition coefficient (Wildman–Crippen LogP) is 15.5. The second kappa shape index (κ2) is 53.0. The Morgan fingerprint density at radius 1 is 0.513 bits per heavy atom. The van der Waals surface area contributed by atoms with Crippen LogP contribution in [0.3, 0.4) is 0 Å². The molecule has 440 valence electrons. The third-order valence-electron chi connectivity index (χ3n) is 13.5. The molecule has 0 amide bonds. The standard InChI is InChI=1S/C63H110O12S/c1-3-5-7-9-11-13-15-17-19-21-23-25-27-29-30-32-34-36-38-40-42-44-46-48-50-52-59(65)73-57(56-72-63-61(67)62(75-76(68,69)70)60(66)58(54-64)74-63)55-71-53-51-49-47-45-43-41-39-37-35-33-31-28-26-24-22-20-18-16-14-12-10-8-6-4-2/h6,8,12,14,18,20-21,23-24,26,31,33,37,39,57-58,60-64,66-67H,3-5,7,9-11,13,15-17,19,22,25,27-30,32,34-36,38,40-56H2,1-2H3,(H,68,69,70)/b8-6-,14-12-,20-18-,23-21-,26-24-,33-31-,39-37-. The van der Waals surface area contributed by atoms with Gasteiger partial charge in [0.15, 0.2) is 6.29 Å². The molecular weight excluding hydrogens is 981 g/mol. The summed E-state index contributed by atoms with van der Waals surface area (Å²) in [6.07, 6.45) is 63.4. The van der Waals surface area contributed by atoms with Crippen molar-refractivity contribution in [2.24, 2.45) is 0 Å². The van der Waals surface area contributed by atoms with Crippen LogP contribution >= 0.6 is 0 Å². The van der Waals surface area contributed by atoms with Gasteiger partial charge in [-0.05, 0) is 89.9 Å². The van der Waals surface area contributed by atoms with Crippen molar-refractivity contribution in [1.82, 2.24) is 0 Å². The SMILES string of the molecule is CC/C=C\C/C=C\C/C=C\C/C=C\C/C=C\C/C=C\CCCCCCCOCC(COC1OC(CO)C(O)C(OS(=O)(=O)O)C1O)OC(=O)CCCCCCCCCCCCCCC/C=C\CCCCCCCCCC. The average Bonchev–Trinajstić information content (AvgIpc) is 3.40. The summed E-state index contributed by atoms with van der Waals surface area (Å²) < 4.78 is 59.5. The second-order valence-electron chi connectivity index (χ2n) is 20.6. The Morgan fingerprint density at radius 2 is 0.908 bits per heavy atom. The number of ether oxygens (including phenoxy) is 4. The van der Waals surface area contributed by atoms with Gasteiger partial charge in [0.25, 0.3) is 0 Å². The molecule has 76 heavy (non-hydrogen) atoms. The lowest BCUT2D eigenvalue weighted by Gasteiger charge is -2.41. The number of carbonyl (C=O) groups is 1. The Bertz CT molecular complexity index is 1640. The van der Waals surface area contributed by atoms with Crippen molar-refractivity contribution in [3.63, 3.8) is 0 Å². The molecule has 1 aliphatic heterocycles. The highest BCUT2D eigenvalue weighted by Gasteiger charge is 2.48. The lowest BCUT2D eigenvalue weighted by atomic mass is 9.99. The van der Waals surface area contributed by atoms with E-state index in [9.17, 15) is 33.1 Å². The zero-order valence-electron chi connectivity index (χ0n) is 47.8. The summed E-state index contributed by atoms with van der Waals surface area (Å²) in [5.41, 5.74) is 0. The van der Waals surface area contributed by atoms with E-state index in [1.807, 2.05) is 0 Å². The molecule has 6 unspecified atom stereocenters. The fourth-order valence-corrected chi connectivity index (χ4v) is 9.48. The third-order valence-corrected chi connectivity index (χ3v) is 14.0. The van der Waals surface area contributed by atoms with Gasteiger partial charge in [-0.1, -0.05) is 234 Å². The number of hydrogen-bond donors (Lipinski definition) is 4. The summed E-state index contributed by atoms with van der Waals surface area (Å²) in [7, 11) is -5.08. The minimum atomic E-state index is -5.08. The predicted molar refractivity (Wildman–Crippen MR) is 312 cm³/mol. The molecule has 1 saturated heterocycles. The molecule has 0 spiro atoms. The van der Waals surface area contributed by atoms with Crippen LogP contribution in [-0.4, -0.2) is 97.5 Å². The Hall–Kier alpha value is -2.72. The maximum Gasteiger partial charge on any atom is 0.397 e. The van der Waals surface area contributed by atoms with Crippen molar-refractivity contribution in [1.29, 1.82) is 0 Å². The van der Waals surface area contributed by atoms with Crippen molar-refractivity contribution in [2.75, 3.05) is 26.4 Å². The molecule has 6 atom stereocenters. The van der Waals surface area contributed by atoms with E-state index in [-0.39, 0.29) is 19.6 Å². The first-order valence-corrected chi connectivity index (χ1v) is 31.7. The van der Waals surface area contributed by atoms with Crippen molar-refractivity contribution in [3.05, 3.63) is 85.1 Å². The number of aliphatic hydroxyl groups is 3. The normalized spacial score (nSPS) is 19.2. The molecule has 0 radical (unpaired) electrons. The number of esters is 1. The average molecular weight is 1090 g/mol. The Labute approximate surface area is 463 Å². The monoisotopic (exact) mass is 1090 g/mol. The van der Waals surface area contributed by atoms with Gasteiger partial charge in [0.05, 0.1) is 19.8 Å². The van der Waals surface area contributed by atoms with Crippen molar-refractivity contribution in [3.8, 4) is 0 Å². The highest BCUT2D eigenvalue weighted by atomic mass is 32.3. The highest BCUT2D eigenvalue weighted by molar-refractivity contribution is 7.80. The van der Waals surface area contributed by atoms with E-state index in [0.29, 0.717) is 13.0 Å². The molecule has 4 N–H and O–H groups in total. The van der Waals surface area contributed by atoms with E-state index < -0.39 is 59.8 Å². The number of hydrogen-bond acceptors (Lipinski definition) is 11. The van der Waals surface area contributed by atoms with E-state index in [0.717, 1.165) is 96.3 Å². The van der Waals surface area contributed by atoms with Gasteiger partial charge in [-0.3, -0.25) is 9.35 Å². The van der Waals surface area contributed by atoms with Crippen LogP contribution in [0.4, 0.5) is 0 Å². The zero-order valence-corrected chi connectivity index (χ0v) is 48.6. The van der Waals surface area contributed by atoms with E-state index in [1.165, 1.54) is 122 Å². The zero-order chi connectivity index (χ0) is 55.3. The lowest BCUT2D eigenvalue weighted by Crippen LogP contribution is -2.60. The van der Waals surface area contributed by atoms with Crippen LogP contribution in [-0.2, 0) is 38.3 Å². The second-order valence-corrected chi connectivity index (χ2v) is 21.6. The summed E-state index contributed by atoms with van der Waals surface area (Å²) >= 11 is 0. The Morgan fingerprint density at radius 3 is 1.34 bits per heavy atom.